The molecule has 0 aliphatic carbocycles. The highest BCUT2D eigenvalue weighted by Gasteiger charge is 1.89. The van der Waals surface area contributed by atoms with Crippen LogP contribution in [0.4, 0.5) is 0 Å². The van der Waals surface area contributed by atoms with Crippen LogP contribution >= 0.6 is 0 Å². The zero-order valence-electron chi connectivity index (χ0n) is 4.98. The number of aromatic nitrogens is 2. The van der Waals surface area contributed by atoms with Crippen LogP contribution in [-0.2, 0) is 6.42 Å². The lowest BCUT2D eigenvalue weighted by Gasteiger charge is -1.82. The highest BCUT2D eigenvalue weighted by Crippen LogP contribution is 1.87. The van der Waals surface area contributed by atoms with Crippen LogP contribution in [0.1, 0.15) is 5.69 Å². The van der Waals surface area contributed by atoms with Gasteiger partial charge in [-0.2, -0.15) is 0 Å². The Labute approximate surface area is 52.4 Å². The van der Waals surface area contributed by atoms with Gasteiger partial charge in [-0.3, -0.25) is 9.89 Å². The number of nitrogens with one attached hydrogen (secondary N) is 2. The van der Waals surface area contributed by atoms with Crippen LogP contribution in [0.3, 0.4) is 0 Å². The van der Waals surface area contributed by atoms with Gasteiger partial charge in [-0.25, -0.2) is 0 Å². The van der Waals surface area contributed by atoms with Crippen LogP contribution in [0.25, 0.3) is 0 Å². The summed E-state index contributed by atoms with van der Waals surface area (Å²) in [5.74, 6) is 0. The van der Waals surface area contributed by atoms with Crippen molar-refractivity contribution < 1.29 is 0 Å². The highest BCUT2D eigenvalue weighted by molar-refractivity contribution is 5.01. The Morgan fingerprint density at radius 3 is 2.89 bits per heavy atom. The summed E-state index contributed by atoms with van der Waals surface area (Å²) in [5.41, 5.74) is 0.779. The molecular weight excluding hydrogens is 116 g/mol. The van der Waals surface area contributed by atoms with Crippen molar-refractivity contribution in [3.63, 3.8) is 0 Å². The van der Waals surface area contributed by atoms with Crippen molar-refractivity contribution in [2.75, 3.05) is 0 Å². The summed E-state index contributed by atoms with van der Waals surface area (Å²) in [6, 6.07) is 1.52. The Bertz CT molecular complexity index is 246. The van der Waals surface area contributed by atoms with Gasteiger partial charge in [0.05, 0.1) is 0 Å². The van der Waals surface area contributed by atoms with Gasteiger partial charge < -0.3 is 5.10 Å². The first kappa shape index (κ1) is 5.88. The van der Waals surface area contributed by atoms with Crippen molar-refractivity contribution in [1.29, 1.82) is 0 Å². The van der Waals surface area contributed by atoms with E-state index in [1.165, 1.54) is 6.07 Å². The second-order valence-corrected chi connectivity index (χ2v) is 1.78. The van der Waals surface area contributed by atoms with Crippen LogP contribution in [0.5, 0.6) is 0 Å². The second kappa shape index (κ2) is 2.35. The summed E-state index contributed by atoms with van der Waals surface area (Å²) >= 11 is 0. The molecule has 2 N–H and O–H groups in total. The maximum Gasteiger partial charge on any atom is 0.264 e. The van der Waals surface area contributed by atoms with Crippen molar-refractivity contribution in [2.24, 2.45) is 0 Å². The van der Waals surface area contributed by atoms with Crippen LogP contribution in [0.15, 0.2) is 23.5 Å². The van der Waals surface area contributed by atoms with E-state index in [1.54, 1.807) is 6.08 Å². The molecule has 0 aliphatic heterocycles. The van der Waals surface area contributed by atoms with Crippen LogP contribution < -0.4 is 5.56 Å². The molecule has 0 aliphatic rings. The van der Waals surface area contributed by atoms with Gasteiger partial charge in [-0.1, -0.05) is 6.08 Å². The van der Waals surface area contributed by atoms with Crippen LogP contribution in [0, 0.1) is 0 Å². The molecule has 0 amide bonds. The normalized spacial score (nSPS) is 9.33. The molecule has 3 heteroatoms. The van der Waals surface area contributed by atoms with E-state index in [2.05, 4.69) is 16.8 Å². The van der Waals surface area contributed by atoms with E-state index in [0.29, 0.717) is 6.42 Å². The minimum atomic E-state index is -0.0909. The minimum absolute atomic E-state index is 0.0909. The van der Waals surface area contributed by atoms with E-state index in [0.717, 1.165) is 5.69 Å². The van der Waals surface area contributed by atoms with Gasteiger partial charge in [0.25, 0.3) is 5.56 Å². The SMILES string of the molecule is C=CCc1cc(=O)[nH][nH]1. The zero-order chi connectivity index (χ0) is 6.69. The lowest BCUT2D eigenvalue weighted by Crippen LogP contribution is -1.93. The summed E-state index contributed by atoms with van der Waals surface area (Å²) in [4.78, 5) is 10.4. The van der Waals surface area contributed by atoms with Gasteiger partial charge in [0.15, 0.2) is 0 Å². The average molecular weight is 124 g/mol. The van der Waals surface area contributed by atoms with E-state index in [-0.39, 0.29) is 5.56 Å². The molecule has 0 aromatic carbocycles. The third kappa shape index (κ3) is 1.32. The zero-order valence-corrected chi connectivity index (χ0v) is 4.98. The van der Waals surface area contributed by atoms with Gasteiger partial charge in [0.1, 0.15) is 0 Å². The van der Waals surface area contributed by atoms with Gasteiger partial charge >= 0.3 is 0 Å². The maximum absolute atomic E-state index is 10.4. The Kier molecular flexibility index (Phi) is 1.53. The monoisotopic (exact) mass is 124 g/mol. The molecule has 1 rings (SSSR count). The molecule has 1 heterocycles. The Morgan fingerprint density at radius 1 is 1.67 bits per heavy atom. The molecule has 0 fully saturated rings. The van der Waals surface area contributed by atoms with Gasteiger partial charge in [0.2, 0.25) is 0 Å². The fraction of sp³-hybridized carbons (Fsp3) is 0.167. The van der Waals surface area contributed by atoms with Crippen LogP contribution in [-0.4, -0.2) is 10.2 Å². The third-order valence-corrected chi connectivity index (χ3v) is 1.02. The highest BCUT2D eigenvalue weighted by atomic mass is 16.1. The molecule has 0 atom stereocenters. The number of aromatic amines is 2. The van der Waals surface area contributed by atoms with Gasteiger partial charge in [0, 0.05) is 18.2 Å². The summed E-state index contributed by atoms with van der Waals surface area (Å²) in [6.07, 6.45) is 2.44. The Balaban J connectivity index is 2.84. The molecule has 0 unspecified atom stereocenters. The summed E-state index contributed by atoms with van der Waals surface area (Å²) < 4.78 is 0. The summed E-state index contributed by atoms with van der Waals surface area (Å²) in [6.45, 7) is 3.53. The van der Waals surface area contributed by atoms with Crippen molar-refractivity contribution >= 4 is 0 Å². The molecule has 9 heavy (non-hydrogen) atoms. The van der Waals surface area contributed by atoms with E-state index in [4.69, 9.17) is 0 Å². The second-order valence-electron chi connectivity index (χ2n) is 1.78. The molecule has 3 nitrogen and oxygen atoms in total. The fourth-order valence-electron chi connectivity index (χ4n) is 0.638. The smallest absolute Gasteiger partial charge is 0.264 e. The topological polar surface area (TPSA) is 48.6 Å². The standard InChI is InChI=1S/C6H8N2O/c1-2-3-5-4-6(9)8-7-5/h2,4H,1,3H2,(H2,7,8,9). The quantitative estimate of drug-likeness (QED) is 0.552. The summed E-state index contributed by atoms with van der Waals surface area (Å²) in [7, 11) is 0. The molecular formula is C6H8N2O. The van der Waals surface area contributed by atoms with Crippen molar-refractivity contribution in [2.45, 2.75) is 6.42 Å². The molecule has 0 bridgehead atoms. The van der Waals surface area contributed by atoms with Crippen molar-refractivity contribution in [3.05, 3.63) is 34.8 Å². The summed E-state index contributed by atoms with van der Waals surface area (Å²) in [5, 5.41) is 5.12. The fourth-order valence-corrected chi connectivity index (χ4v) is 0.638. The van der Waals surface area contributed by atoms with Gasteiger partial charge in [-0.05, 0) is 0 Å². The number of allylic oxidation sites excluding steroid dienone is 1. The molecule has 0 spiro atoms. The van der Waals surface area contributed by atoms with E-state index in [1.807, 2.05) is 0 Å². The minimum Gasteiger partial charge on any atom is -0.302 e. The molecule has 0 saturated heterocycles. The predicted molar refractivity (Wildman–Crippen MR) is 35.3 cm³/mol. The Hall–Kier alpha value is -1.25. The Morgan fingerprint density at radius 2 is 2.44 bits per heavy atom. The third-order valence-electron chi connectivity index (χ3n) is 1.02. The average Bonchev–Trinajstić information content (AvgIpc) is 2.17. The molecule has 0 saturated carbocycles. The molecule has 0 radical (unpaired) electrons. The molecule has 48 valence electrons. The first-order chi connectivity index (χ1) is 4.33. The van der Waals surface area contributed by atoms with E-state index >= 15 is 0 Å². The van der Waals surface area contributed by atoms with E-state index in [9.17, 15) is 4.79 Å². The lowest BCUT2D eigenvalue weighted by atomic mass is 10.3. The number of hydrogen-bond acceptors (Lipinski definition) is 1. The van der Waals surface area contributed by atoms with Gasteiger partial charge in [-0.15, -0.1) is 6.58 Å². The largest absolute Gasteiger partial charge is 0.302 e. The predicted octanol–water partition coefficient (Wildman–Crippen LogP) is 0.431. The van der Waals surface area contributed by atoms with E-state index < -0.39 is 0 Å². The molecule has 1 aromatic heterocycles. The first-order valence-electron chi connectivity index (χ1n) is 2.70. The first-order valence-corrected chi connectivity index (χ1v) is 2.70. The lowest BCUT2D eigenvalue weighted by molar-refractivity contribution is 0.996. The number of rotatable bonds is 2. The number of hydrogen-bond donors (Lipinski definition) is 2. The number of H-pyrrole nitrogens is 2. The maximum atomic E-state index is 10.4. The molecule has 1 aromatic rings. The van der Waals surface area contributed by atoms with Crippen molar-refractivity contribution in [3.8, 4) is 0 Å². The van der Waals surface area contributed by atoms with Crippen molar-refractivity contribution in [1.82, 2.24) is 10.2 Å². The van der Waals surface area contributed by atoms with Crippen LogP contribution in [0.2, 0.25) is 0 Å².